The van der Waals surface area contributed by atoms with Crippen LogP contribution in [-0.2, 0) is 4.79 Å². The van der Waals surface area contributed by atoms with Crippen molar-refractivity contribution in [3.63, 3.8) is 0 Å². The summed E-state index contributed by atoms with van der Waals surface area (Å²) in [6.07, 6.45) is 3.23. The van der Waals surface area contributed by atoms with Crippen molar-refractivity contribution in [1.82, 2.24) is 15.1 Å². The first-order valence-corrected chi connectivity index (χ1v) is 7.66. The molecular formula is C15H29N3O. The Morgan fingerprint density at radius 1 is 1.47 bits per heavy atom. The molecule has 2 fully saturated rings. The topological polar surface area (TPSA) is 35.6 Å². The van der Waals surface area contributed by atoms with Gasteiger partial charge in [-0.25, -0.2) is 0 Å². The molecule has 4 nitrogen and oxygen atoms in total. The van der Waals surface area contributed by atoms with E-state index in [4.69, 9.17) is 0 Å². The van der Waals surface area contributed by atoms with Crippen LogP contribution in [0.5, 0.6) is 0 Å². The Morgan fingerprint density at radius 3 is 2.63 bits per heavy atom. The van der Waals surface area contributed by atoms with Crippen molar-refractivity contribution in [1.29, 1.82) is 0 Å². The summed E-state index contributed by atoms with van der Waals surface area (Å²) in [4.78, 5) is 17.3. The molecule has 1 N–H and O–H groups in total. The van der Waals surface area contributed by atoms with Crippen LogP contribution in [0.2, 0.25) is 0 Å². The molecule has 0 spiro atoms. The summed E-state index contributed by atoms with van der Waals surface area (Å²) >= 11 is 0. The van der Waals surface area contributed by atoms with Crippen molar-refractivity contribution in [3.8, 4) is 0 Å². The summed E-state index contributed by atoms with van der Waals surface area (Å²) < 4.78 is 0. The number of hydrogen-bond acceptors (Lipinski definition) is 3. The number of likely N-dealkylation sites (N-methyl/N-ethyl adjacent to an activating group) is 1. The molecule has 0 radical (unpaired) electrons. The number of nitrogens with zero attached hydrogens (tertiary/aromatic N) is 2. The van der Waals surface area contributed by atoms with E-state index >= 15 is 0 Å². The van der Waals surface area contributed by atoms with Crippen LogP contribution in [-0.4, -0.2) is 53.6 Å². The maximum Gasteiger partial charge on any atom is 0.244 e. The van der Waals surface area contributed by atoms with Crippen molar-refractivity contribution < 1.29 is 4.79 Å². The van der Waals surface area contributed by atoms with Crippen LogP contribution in [0.25, 0.3) is 0 Å². The Bertz CT molecular complexity index is 344. The molecule has 2 heterocycles. The van der Waals surface area contributed by atoms with Gasteiger partial charge in [-0.1, -0.05) is 20.8 Å². The minimum atomic E-state index is -0.360. The maximum absolute atomic E-state index is 12.8. The van der Waals surface area contributed by atoms with Gasteiger partial charge in [0, 0.05) is 12.6 Å². The zero-order valence-corrected chi connectivity index (χ0v) is 13.1. The lowest BCUT2D eigenvalue weighted by Gasteiger charge is -2.31. The molecule has 0 aromatic rings. The third-order valence-electron chi connectivity index (χ3n) is 4.69. The molecule has 2 aliphatic heterocycles. The van der Waals surface area contributed by atoms with Gasteiger partial charge in [0.15, 0.2) is 0 Å². The number of likely N-dealkylation sites (tertiary alicyclic amines) is 1. The van der Waals surface area contributed by atoms with Crippen molar-refractivity contribution in [3.05, 3.63) is 0 Å². The second-order valence-electron chi connectivity index (χ2n) is 6.89. The van der Waals surface area contributed by atoms with Gasteiger partial charge in [-0.2, -0.15) is 0 Å². The van der Waals surface area contributed by atoms with Crippen molar-refractivity contribution in [2.24, 2.45) is 5.92 Å². The van der Waals surface area contributed by atoms with E-state index in [-0.39, 0.29) is 11.7 Å². The average Bonchev–Trinajstić information content (AvgIpc) is 2.83. The van der Waals surface area contributed by atoms with Crippen LogP contribution in [0.1, 0.15) is 47.0 Å². The van der Waals surface area contributed by atoms with Gasteiger partial charge in [0.2, 0.25) is 5.91 Å². The molecule has 0 aromatic carbocycles. The normalized spacial score (nSPS) is 36.7. The van der Waals surface area contributed by atoms with Crippen LogP contribution in [0, 0.1) is 5.92 Å². The summed E-state index contributed by atoms with van der Waals surface area (Å²) in [5.41, 5.74) is -0.360. The molecule has 0 aromatic heterocycles. The molecule has 1 amide bonds. The summed E-state index contributed by atoms with van der Waals surface area (Å²) in [5.74, 6) is 0.909. The Kier molecular flexibility index (Phi) is 4.21. The average molecular weight is 267 g/mol. The Labute approximate surface area is 117 Å². The molecule has 0 aliphatic carbocycles. The first kappa shape index (κ1) is 14.8. The Morgan fingerprint density at radius 2 is 2.16 bits per heavy atom. The fraction of sp³-hybridized carbons (Fsp3) is 0.933. The first-order valence-electron chi connectivity index (χ1n) is 7.66. The number of nitrogens with one attached hydrogen (secondary N) is 1. The fourth-order valence-electron chi connectivity index (χ4n) is 3.36. The third kappa shape index (κ3) is 2.79. The number of carbonyl (C=O) groups is 1. The van der Waals surface area contributed by atoms with E-state index in [1.807, 2.05) is 0 Å². The molecule has 3 unspecified atom stereocenters. The second-order valence-corrected chi connectivity index (χ2v) is 6.89. The smallest absolute Gasteiger partial charge is 0.244 e. The van der Waals surface area contributed by atoms with E-state index in [1.54, 1.807) is 0 Å². The molecule has 2 saturated heterocycles. The van der Waals surface area contributed by atoms with Gasteiger partial charge in [0.05, 0.1) is 11.7 Å². The minimum absolute atomic E-state index is 0.217. The van der Waals surface area contributed by atoms with Crippen LogP contribution >= 0.6 is 0 Å². The molecule has 3 atom stereocenters. The van der Waals surface area contributed by atoms with Gasteiger partial charge < -0.3 is 9.80 Å². The van der Waals surface area contributed by atoms with E-state index < -0.39 is 0 Å². The largest absolute Gasteiger partial charge is 0.321 e. The van der Waals surface area contributed by atoms with Gasteiger partial charge in [-0.05, 0) is 45.7 Å². The monoisotopic (exact) mass is 267 g/mol. The lowest BCUT2D eigenvalue weighted by atomic mass is 9.99. The van der Waals surface area contributed by atoms with Gasteiger partial charge in [-0.3, -0.25) is 10.1 Å². The number of carbonyl (C=O) groups excluding carboxylic acids is 1. The van der Waals surface area contributed by atoms with Gasteiger partial charge in [-0.15, -0.1) is 0 Å². The van der Waals surface area contributed by atoms with Crippen molar-refractivity contribution >= 4 is 5.91 Å². The minimum Gasteiger partial charge on any atom is -0.321 e. The molecule has 0 saturated carbocycles. The molecule has 0 bridgehead atoms. The zero-order valence-electron chi connectivity index (χ0n) is 13.1. The van der Waals surface area contributed by atoms with E-state index in [0.717, 1.165) is 32.4 Å². The molecule has 19 heavy (non-hydrogen) atoms. The summed E-state index contributed by atoms with van der Waals surface area (Å²) in [5, 5.41) is 3.60. The van der Waals surface area contributed by atoms with E-state index in [1.165, 1.54) is 0 Å². The standard InChI is InChI=1S/C15H29N3O/c1-6-15(4)14(19)18(12-7-8-17(5)10-12)13(16-15)9-11(2)3/h11-13,16H,6-10H2,1-5H3. The van der Waals surface area contributed by atoms with Gasteiger partial charge >= 0.3 is 0 Å². The molecule has 110 valence electrons. The predicted molar refractivity (Wildman–Crippen MR) is 77.8 cm³/mol. The highest BCUT2D eigenvalue weighted by Crippen LogP contribution is 2.31. The highest BCUT2D eigenvalue weighted by Gasteiger charge is 2.49. The zero-order chi connectivity index (χ0) is 14.2. The third-order valence-corrected chi connectivity index (χ3v) is 4.69. The molecular weight excluding hydrogens is 238 g/mol. The molecule has 2 aliphatic rings. The number of amides is 1. The summed E-state index contributed by atoms with van der Waals surface area (Å²) in [7, 11) is 2.14. The second kappa shape index (κ2) is 5.41. The fourth-order valence-corrected chi connectivity index (χ4v) is 3.36. The number of rotatable bonds is 4. The van der Waals surface area contributed by atoms with E-state index in [9.17, 15) is 4.79 Å². The van der Waals surface area contributed by atoms with Crippen molar-refractivity contribution in [2.45, 2.75) is 64.7 Å². The number of hydrogen-bond donors (Lipinski definition) is 1. The first-order chi connectivity index (χ1) is 8.87. The summed E-state index contributed by atoms with van der Waals surface area (Å²) in [6.45, 7) is 10.7. The van der Waals surface area contributed by atoms with E-state index in [0.29, 0.717) is 17.9 Å². The van der Waals surface area contributed by atoms with Crippen LogP contribution in [0.3, 0.4) is 0 Å². The maximum atomic E-state index is 12.8. The van der Waals surface area contributed by atoms with E-state index in [2.05, 4.69) is 49.9 Å². The van der Waals surface area contributed by atoms with Gasteiger partial charge in [0.25, 0.3) is 0 Å². The van der Waals surface area contributed by atoms with Crippen LogP contribution in [0.15, 0.2) is 0 Å². The summed E-state index contributed by atoms with van der Waals surface area (Å²) in [6, 6.07) is 0.391. The lowest BCUT2D eigenvalue weighted by Crippen LogP contribution is -2.46. The Hall–Kier alpha value is -0.610. The molecule has 2 rings (SSSR count). The van der Waals surface area contributed by atoms with Crippen LogP contribution < -0.4 is 5.32 Å². The highest BCUT2D eigenvalue weighted by molar-refractivity contribution is 5.88. The predicted octanol–water partition coefficient (Wildman–Crippen LogP) is 1.66. The van der Waals surface area contributed by atoms with Crippen LogP contribution in [0.4, 0.5) is 0 Å². The molecule has 4 heteroatoms. The Balaban J connectivity index is 2.18. The lowest BCUT2D eigenvalue weighted by molar-refractivity contribution is -0.135. The quantitative estimate of drug-likeness (QED) is 0.841. The SMILES string of the molecule is CCC1(C)NC(CC(C)C)N(C2CCN(C)C2)C1=O. The van der Waals surface area contributed by atoms with Gasteiger partial charge in [0.1, 0.15) is 0 Å². The van der Waals surface area contributed by atoms with Crippen molar-refractivity contribution in [2.75, 3.05) is 20.1 Å². The highest BCUT2D eigenvalue weighted by atomic mass is 16.2.